The third-order valence-electron chi connectivity index (χ3n) is 5.24. The van der Waals surface area contributed by atoms with Crippen LogP contribution >= 0.6 is 0 Å². The van der Waals surface area contributed by atoms with E-state index in [0.29, 0.717) is 26.2 Å². The number of amides is 2. The highest BCUT2D eigenvalue weighted by Gasteiger charge is 2.29. The van der Waals surface area contributed by atoms with Crippen LogP contribution in [0.15, 0.2) is 60.7 Å². The minimum atomic E-state index is -0.151. The maximum atomic E-state index is 12.8. The van der Waals surface area contributed by atoms with E-state index in [4.69, 9.17) is 0 Å². The summed E-state index contributed by atoms with van der Waals surface area (Å²) in [4.78, 5) is 29.3. The second kappa shape index (κ2) is 8.17. The lowest BCUT2D eigenvalue weighted by Gasteiger charge is -2.37. The number of rotatable bonds is 4. The lowest BCUT2D eigenvalue weighted by molar-refractivity contribution is -0.140. The Labute approximate surface area is 155 Å². The van der Waals surface area contributed by atoms with E-state index in [1.807, 2.05) is 84.3 Å². The topological polar surface area (TPSA) is 40.6 Å². The normalized spacial score (nSPS) is 16.8. The Balaban J connectivity index is 1.57. The molecule has 0 aromatic heterocycles. The fraction of sp³-hybridized carbons (Fsp3) is 0.364. The van der Waals surface area contributed by atoms with Gasteiger partial charge >= 0.3 is 0 Å². The molecular weight excluding hydrogens is 324 g/mol. The number of carbonyl (C=O) groups is 2. The van der Waals surface area contributed by atoms with Crippen LogP contribution in [0.4, 0.5) is 0 Å². The van der Waals surface area contributed by atoms with Gasteiger partial charge in [-0.05, 0) is 25.0 Å². The molecule has 0 N–H and O–H groups in total. The van der Waals surface area contributed by atoms with Gasteiger partial charge < -0.3 is 9.80 Å². The molecule has 136 valence electrons. The van der Waals surface area contributed by atoms with Gasteiger partial charge in [0.05, 0.1) is 11.8 Å². The Morgan fingerprint density at radius 1 is 0.654 bits per heavy atom. The van der Waals surface area contributed by atoms with Gasteiger partial charge in [0.1, 0.15) is 0 Å². The van der Waals surface area contributed by atoms with Gasteiger partial charge in [0, 0.05) is 26.2 Å². The van der Waals surface area contributed by atoms with Crippen molar-refractivity contribution in [2.24, 2.45) is 0 Å². The summed E-state index contributed by atoms with van der Waals surface area (Å²) in [5, 5.41) is 0. The second-order valence-electron chi connectivity index (χ2n) is 6.92. The van der Waals surface area contributed by atoms with E-state index < -0.39 is 0 Å². The number of carbonyl (C=O) groups excluding carboxylic acids is 2. The fourth-order valence-corrected chi connectivity index (χ4v) is 3.46. The van der Waals surface area contributed by atoms with E-state index in [0.717, 1.165) is 11.1 Å². The van der Waals surface area contributed by atoms with Gasteiger partial charge in [-0.1, -0.05) is 60.7 Å². The Hall–Kier alpha value is -2.62. The van der Waals surface area contributed by atoms with Crippen LogP contribution in [0.3, 0.4) is 0 Å². The number of hydrogen-bond donors (Lipinski definition) is 0. The zero-order chi connectivity index (χ0) is 18.5. The summed E-state index contributed by atoms with van der Waals surface area (Å²) < 4.78 is 0. The largest absolute Gasteiger partial charge is 0.339 e. The van der Waals surface area contributed by atoms with Crippen LogP contribution in [0.1, 0.15) is 36.8 Å². The van der Waals surface area contributed by atoms with Crippen LogP contribution in [-0.4, -0.2) is 47.8 Å². The summed E-state index contributed by atoms with van der Waals surface area (Å²) >= 11 is 0. The van der Waals surface area contributed by atoms with E-state index in [9.17, 15) is 9.59 Å². The average Bonchev–Trinajstić information content (AvgIpc) is 2.73. The first kappa shape index (κ1) is 18.2. The summed E-state index contributed by atoms with van der Waals surface area (Å²) in [5.41, 5.74) is 2.07. The average molecular weight is 350 g/mol. The van der Waals surface area contributed by atoms with Gasteiger partial charge in [0.25, 0.3) is 0 Å². The van der Waals surface area contributed by atoms with Crippen LogP contribution in [0.25, 0.3) is 0 Å². The quantitative estimate of drug-likeness (QED) is 0.849. The molecule has 2 unspecified atom stereocenters. The van der Waals surface area contributed by atoms with E-state index in [1.54, 1.807) is 0 Å². The van der Waals surface area contributed by atoms with Crippen molar-refractivity contribution >= 4 is 11.8 Å². The van der Waals surface area contributed by atoms with E-state index >= 15 is 0 Å². The highest BCUT2D eigenvalue weighted by atomic mass is 16.2. The molecule has 0 aliphatic carbocycles. The van der Waals surface area contributed by atoms with Crippen LogP contribution in [-0.2, 0) is 9.59 Å². The molecule has 2 atom stereocenters. The molecule has 1 heterocycles. The van der Waals surface area contributed by atoms with Gasteiger partial charge in [-0.2, -0.15) is 0 Å². The third-order valence-corrected chi connectivity index (χ3v) is 5.24. The minimum absolute atomic E-state index is 0.138. The Morgan fingerprint density at radius 2 is 0.962 bits per heavy atom. The van der Waals surface area contributed by atoms with Crippen LogP contribution < -0.4 is 0 Å². The first-order valence-corrected chi connectivity index (χ1v) is 9.25. The zero-order valence-corrected chi connectivity index (χ0v) is 15.5. The smallest absolute Gasteiger partial charge is 0.229 e. The summed E-state index contributed by atoms with van der Waals surface area (Å²) in [6, 6.07) is 19.7. The van der Waals surface area contributed by atoms with Gasteiger partial charge in [-0.15, -0.1) is 0 Å². The molecule has 3 rings (SSSR count). The molecular formula is C22H26N2O2. The number of hydrogen-bond acceptors (Lipinski definition) is 2. The van der Waals surface area contributed by atoms with Crippen LogP contribution in [0.5, 0.6) is 0 Å². The van der Waals surface area contributed by atoms with Crippen molar-refractivity contribution in [1.82, 2.24) is 9.80 Å². The Morgan fingerprint density at radius 3 is 1.27 bits per heavy atom. The molecule has 1 fully saturated rings. The van der Waals surface area contributed by atoms with Crippen molar-refractivity contribution in [1.29, 1.82) is 0 Å². The maximum absolute atomic E-state index is 12.8. The van der Waals surface area contributed by atoms with Gasteiger partial charge in [0.2, 0.25) is 11.8 Å². The third kappa shape index (κ3) is 3.96. The van der Waals surface area contributed by atoms with Crippen LogP contribution in [0.2, 0.25) is 0 Å². The molecule has 26 heavy (non-hydrogen) atoms. The molecule has 1 saturated heterocycles. The molecule has 1 aliphatic heterocycles. The highest BCUT2D eigenvalue weighted by molar-refractivity contribution is 5.85. The van der Waals surface area contributed by atoms with Crippen LogP contribution in [0, 0.1) is 0 Å². The first-order chi connectivity index (χ1) is 12.6. The molecule has 2 aromatic rings. The number of nitrogens with zero attached hydrogens (tertiary/aromatic N) is 2. The van der Waals surface area contributed by atoms with E-state index in [-0.39, 0.29) is 23.7 Å². The monoisotopic (exact) mass is 350 g/mol. The lowest BCUT2D eigenvalue weighted by atomic mass is 9.98. The highest BCUT2D eigenvalue weighted by Crippen LogP contribution is 2.21. The van der Waals surface area contributed by atoms with Crippen molar-refractivity contribution in [3.05, 3.63) is 71.8 Å². The molecule has 4 nitrogen and oxygen atoms in total. The summed E-state index contributed by atoms with van der Waals surface area (Å²) in [6.45, 7) is 6.30. The zero-order valence-electron chi connectivity index (χ0n) is 15.5. The van der Waals surface area contributed by atoms with E-state index in [2.05, 4.69) is 0 Å². The van der Waals surface area contributed by atoms with Gasteiger partial charge in [0.15, 0.2) is 0 Å². The second-order valence-corrected chi connectivity index (χ2v) is 6.92. The molecule has 0 saturated carbocycles. The molecule has 4 heteroatoms. The lowest BCUT2D eigenvalue weighted by Crippen LogP contribution is -2.52. The first-order valence-electron chi connectivity index (χ1n) is 9.25. The maximum Gasteiger partial charge on any atom is 0.229 e. The SMILES string of the molecule is CC(C(=O)N1CCN(C(=O)C(C)c2ccccc2)CC1)c1ccccc1. The molecule has 0 spiro atoms. The summed E-state index contributed by atoms with van der Waals surface area (Å²) in [7, 11) is 0. The van der Waals surface area contributed by atoms with Crippen molar-refractivity contribution in [2.45, 2.75) is 25.7 Å². The summed E-state index contributed by atoms with van der Waals surface area (Å²) in [6.07, 6.45) is 0. The van der Waals surface area contributed by atoms with Crippen molar-refractivity contribution < 1.29 is 9.59 Å². The van der Waals surface area contributed by atoms with Gasteiger partial charge in [-0.25, -0.2) is 0 Å². The van der Waals surface area contributed by atoms with Gasteiger partial charge in [-0.3, -0.25) is 9.59 Å². The van der Waals surface area contributed by atoms with Crippen molar-refractivity contribution in [3.63, 3.8) is 0 Å². The Kier molecular flexibility index (Phi) is 5.71. The van der Waals surface area contributed by atoms with Crippen molar-refractivity contribution in [3.8, 4) is 0 Å². The predicted molar refractivity (Wildman–Crippen MR) is 103 cm³/mol. The van der Waals surface area contributed by atoms with Crippen molar-refractivity contribution in [2.75, 3.05) is 26.2 Å². The number of piperazine rings is 1. The standard InChI is InChI=1S/C22H26N2O2/c1-17(19-9-5-3-6-10-19)21(25)23-13-15-24(16-14-23)22(26)18(2)20-11-7-4-8-12-20/h3-12,17-18H,13-16H2,1-2H3. The molecule has 2 aromatic carbocycles. The van der Waals surface area contributed by atoms with E-state index in [1.165, 1.54) is 0 Å². The molecule has 0 radical (unpaired) electrons. The minimum Gasteiger partial charge on any atom is -0.339 e. The predicted octanol–water partition coefficient (Wildman–Crippen LogP) is 3.26. The number of benzene rings is 2. The molecule has 1 aliphatic rings. The summed E-state index contributed by atoms with van der Waals surface area (Å²) in [5.74, 6) is -0.0257. The fourth-order valence-electron chi connectivity index (χ4n) is 3.46. The molecule has 0 bridgehead atoms. The molecule has 2 amide bonds. The Bertz CT molecular complexity index is 672.